The molecule has 0 bridgehead atoms. The SMILES string of the molecule is C[C@@H](C(=O)O)c1cccc(N)c1O. The van der Waals surface area contributed by atoms with Crippen molar-refractivity contribution in [3.05, 3.63) is 23.8 Å². The molecule has 70 valence electrons. The van der Waals surface area contributed by atoms with Crippen LogP contribution in [-0.2, 0) is 4.79 Å². The van der Waals surface area contributed by atoms with Crippen LogP contribution >= 0.6 is 0 Å². The molecule has 13 heavy (non-hydrogen) atoms. The lowest BCUT2D eigenvalue weighted by atomic mass is 10.00. The third kappa shape index (κ3) is 1.72. The maximum absolute atomic E-state index is 10.6. The van der Waals surface area contributed by atoms with Gasteiger partial charge in [0, 0.05) is 5.56 Å². The van der Waals surface area contributed by atoms with Crippen LogP contribution in [0, 0.1) is 0 Å². The number of carboxylic acid groups (broad SMARTS) is 1. The second-order valence-corrected chi connectivity index (χ2v) is 2.84. The molecule has 0 saturated carbocycles. The summed E-state index contributed by atoms with van der Waals surface area (Å²) >= 11 is 0. The Morgan fingerprint density at radius 2 is 2.15 bits per heavy atom. The number of phenols is 1. The lowest BCUT2D eigenvalue weighted by Gasteiger charge is -2.09. The van der Waals surface area contributed by atoms with Gasteiger partial charge >= 0.3 is 5.97 Å². The highest BCUT2D eigenvalue weighted by Gasteiger charge is 2.18. The number of benzene rings is 1. The molecule has 0 radical (unpaired) electrons. The Bertz CT molecular complexity index is 336. The van der Waals surface area contributed by atoms with E-state index >= 15 is 0 Å². The largest absolute Gasteiger partial charge is 0.505 e. The fourth-order valence-corrected chi connectivity index (χ4v) is 1.06. The third-order valence-electron chi connectivity index (χ3n) is 1.94. The molecule has 1 aromatic rings. The number of hydrogen-bond acceptors (Lipinski definition) is 3. The van der Waals surface area contributed by atoms with Crippen LogP contribution in [0.4, 0.5) is 5.69 Å². The summed E-state index contributed by atoms with van der Waals surface area (Å²) in [5, 5.41) is 18.1. The molecule has 0 spiro atoms. The van der Waals surface area contributed by atoms with E-state index in [2.05, 4.69) is 0 Å². The van der Waals surface area contributed by atoms with E-state index in [1.807, 2.05) is 0 Å². The molecule has 1 rings (SSSR count). The van der Waals surface area contributed by atoms with E-state index in [4.69, 9.17) is 10.8 Å². The van der Waals surface area contributed by atoms with E-state index < -0.39 is 11.9 Å². The molecule has 4 N–H and O–H groups in total. The van der Waals surface area contributed by atoms with Gasteiger partial charge < -0.3 is 15.9 Å². The van der Waals surface area contributed by atoms with Gasteiger partial charge in [-0.3, -0.25) is 4.79 Å². The number of phenolic OH excluding ortho intramolecular Hbond substituents is 1. The van der Waals surface area contributed by atoms with Crippen molar-refractivity contribution < 1.29 is 15.0 Å². The van der Waals surface area contributed by atoms with Gasteiger partial charge in [-0.25, -0.2) is 0 Å². The summed E-state index contributed by atoms with van der Waals surface area (Å²) in [6, 6.07) is 4.68. The number of aromatic hydroxyl groups is 1. The zero-order valence-electron chi connectivity index (χ0n) is 7.19. The quantitative estimate of drug-likeness (QED) is 0.472. The summed E-state index contributed by atoms with van der Waals surface area (Å²) in [6.07, 6.45) is 0. The molecule has 0 heterocycles. The van der Waals surface area contributed by atoms with E-state index in [0.717, 1.165) is 0 Å². The molecule has 0 fully saturated rings. The smallest absolute Gasteiger partial charge is 0.310 e. The zero-order valence-corrected chi connectivity index (χ0v) is 7.19. The van der Waals surface area contributed by atoms with Gasteiger partial charge in [0.05, 0.1) is 11.6 Å². The van der Waals surface area contributed by atoms with E-state index in [-0.39, 0.29) is 11.4 Å². The van der Waals surface area contributed by atoms with Gasteiger partial charge in [-0.2, -0.15) is 0 Å². The number of hydrogen-bond donors (Lipinski definition) is 3. The molecule has 1 aromatic carbocycles. The molecule has 4 nitrogen and oxygen atoms in total. The first kappa shape index (κ1) is 9.38. The average molecular weight is 181 g/mol. The highest BCUT2D eigenvalue weighted by molar-refractivity contribution is 5.78. The number of para-hydroxylation sites is 1. The second-order valence-electron chi connectivity index (χ2n) is 2.84. The van der Waals surface area contributed by atoms with Crippen molar-refractivity contribution in [1.29, 1.82) is 0 Å². The second kappa shape index (κ2) is 3.35. The molecule has 0 saturated heterocycles. The van der Waals surface area contributed by atoms with E-state index in [1.165, 1.54) is 13.0 Å². The third-order valence-corrected chi connectivity index (χ3v) is 1.94. The molecule has 4 heteroatoms. The zero-order chi connectivity index (χ0) is 10.0. The lowest BCUT2D eigenvalue weighted by molar-refractivity contribution is -0.138. The van der Waals surface area contributed by atoms with Gasteiger partial charge in [0.2, 0.25) is 0 Å². The Morgan fingerprint density at radius 1 is 1.54 bits per heavy atom. The summed E-state index contributed by atoms with van der Waals surface area (Å²) < 4.78 is 0. The molecular formula is C9H11NO3. The van der Waals surface area contributed by atoms with Crippen molar-refractivity contribution >= 4 is 11.7 Å². The van der Waals surface area contributed by atoms with Crippen molar-refractivity contribution in [2.24, 2.45) is 0 Å². The van der Waals surface area contributed by atoms with Gasteiger partial charge in [0.15, 0.2) is 0 Å². The normalized spacial score (nSPS) is 12.4. The Hall–Kier alpha value is -1.71. The predicted octanol–water partition coefficient (Wildman–Crippen LogP) is 1.16. The number of nitrogens with two attached hydrogens (primary N) is 1. The predicted molar refractivity (Wildman–Crippen MR) is 48.6 cm³/mol. The minimum Gasteiger partial charge on any atom is -0.505 e. The van der Waals surface area contributed by atoms with Gasteiger partial charge in [0.1, 0.15) is 5.75 Å². The Labute approximate surface area is 75.6 Å². The topological polar surface area (TPSA) is 83.5 Å². The molecule has 0 amide bonds. The Kier molecular flexibility index (Phi) is 2.41. The van der Waals surface area contributed by atoms with E-state index in [0.29, 0.717) is 5.56 Å². The van der Waals surface area contributed by atoms with Gasteiger partial charge in [-0.1, -0.05) is 12.1 Å². The average Bonchev–Trinajstić information content (AvgIpc) is 2.08. The molecule has 0 unspecified atom stereocenters. The number of anilines is 1. The summed E-state index contributed by atoms with van der Waals surface area (Å²) in [5.41, 5.74) is 5.96. The highest BCUT2D eigenvalue weighted by Crippen LogP contribution is 2.30. The van der Waals surface area contributed by atoms with Crippen LogP contribution in [0.2, 0.25) is 0 Å². The number of nitrogen functional groups attached to an aromatic ring is 1. The Morgan fingerprint density at radius 3 is 2.69 bits per heavy atom. The van der Waals surface area contributed by atoms with Crippen LogP contribution in [0.15, 0.2) is 18.2 Å². The number of aliphatic carboxylic acids is 1. The van der Waals surface area contributed by atoms with Gasteiger partial charge in [0.25, 0.3) is 0 Å². The fraction of sp³-hybridized carbons (Fsp3) is 0.222. The van der Waals surface area contributed by atoms with Gasteiger partial charge in [-0.05, 0) is 13.0 Å². The summed E-state index contributed by atoms with van der Waals surface area (Å²) in [5.74, 6) is -1.87. The molecule has 0 aliphatic heterocycles. The molecule has 0 aliphatic rings. The molecule has 0 aromatic heterocycles. The molecular weight excluding hydrogens is 170 g/mol. The van der Waals surface area contributed by atoms with Crippen molar-refractivity contribution in [2.45, 2.75) is 12.8 Å². The number of carbonyl (C=O) groups is 1. The monoisotopic (exact) mass is 181 g/mol. The van der Waals surface area contributed by atoms with Crippen LogP contribution in [0.1, 0.15) is 18.4 Å². The highest BCUT2D eigenvalue weighted by atomic mass is 16.4. The van der Waals surface area contributed by atoms with E-state index in [1.54, 1.807) is 12.1 Å². The summed E-state index contributed by atoms with van der Waals surface area (Å²) in [7, 11) is 0. The van der Waals surface area contributed by atoms with Crippen molar-refractivity contribution in [2.75, 3.05) is 5.73 Å². The minimum atomic E-state index is -0.985. The van der Waals surface area contributed by atoms with Crippen molar-refractivity contribution in [3.63, 3.8) is 0 Å². The van der Waals surface area contributed by atoms with Gasteiger partial charge in [-0.15, -0.1) is 0 Å². The fourth-order valence-electron chi connectivity index (χ4n) is 1.06. The maximum atomic E-state index is 10.6. The van der Waals surface area contributed by atoms with Crippen LogP contribution in [0.25, 0.3) is 0 Å². The van der Waals surface area contributed by atoms with E-state index in [9.17, 15) is 9.90 Å². The first-order chi connectivity index (χ1) is 6.04. The summed E-state index contributed by atoms with van der Waals surface area (Å²) in [6.45, 7) is 1.50. The van der Waals surface area contributed by atoms with Crippen molar-refractivity contribution in [1.82, 2.24) is 0 Å². The lowest BCUT2D eigenvalue weighted by Crippen LogP contribution is -2.08. The molecule has 1 atom stereocenters. The summed E-state index contributed by atoms with van der Waals surface area (Å²) in [4.78, 5) is 10.6. The first-order valence-corrected chi connectivity index (χ1v) is 3.84. The first-order valence-electron chi connectivity index (χ1n) is 3.84. The minimum absolute atomic E-state index is 0.141. The van der Waals surface area contributed by atoms with Crippen LogP contribution < -0.4 is 5.73 Å². The number of rotatable bonds is 2. The van der Waals surface area contributed by atoms with Crippen LogP contribution in [-0.4, -0.2) is 16.2 Å². The van der Waals surface area contributed by atoms with Crippen LogP contribution in [0.3, 0.4) is 0 Å². The standard InChI is InChI=1S/C9H11NO3/c1-5(9(12)13)6-3-2-4-7(10)8(6)11/h2-5,11H,10H2,1H3,(H,12,13)/t5-/m1/s1. The Balaban J connectivity index is 3.15. The molecule has 0 aliphatic carbocycles. The maximum Gasteiger partial charge on any atom is 0.310 e. The number of carboxylic acids is 1. The van der Waals surface area contributed by atoms with Crippen molar-refractivity contribution in [3.8, 4) is 5.75 Å². The van der Waals surface area contributed by atoms with Crippen LogP contribution in [0.5, 0.6) is 5.75 Å².